The molecule has 0 fully saturated rings. The highest BCUT2D eigenvalue weighted by Crippen LogP contribution is 2.20. The van der Waals surface area contributed by atoms with Gasteiger partial charge in [-0.25, -0.2) is 4.98 Å². The largest absolute Gasteiger partial charge is 0.480 e. The number of anilines is 1. The Labute approximate surface area is 149 Å². The van der Waals surface area contributed by atoms with E-state index in [4.69, 9.17) is 10.8 Å². The van der Waals surface area contributed by atoms with Crippen LogP contribution in [0.25, 0.3) is 0 Å². The van der Waals surface area contributed by atoms with Gasteiger partial charge in [0, 0.05) is 17.7 Å². The molecule has 0 saturated heterocycles. The maximum absolute atomic E-state index is 12.3. The van der Waals surface area contributed by atoms with E-state index in [2.05, 4.69) is 10.3 Å². The highest BCUT2D eigenvalue weighted by Gasteiger charge is 2.26. The van der Waals surface area contributed by atoms with Crippen LogP contribution in [0.4, 0.5) is 5.82 Å². The molecular formula is C18H18N4O4. The van der Waals surface area contributed by atoms with Crippen LogP contribution >= 0.6 is 0 Å². The molecule has 0 radical (unpaired) electrons. The molecule has 1 aliphatic rings. The van der Waals surface area contributed by atoms with Crippen molar-refractivity contribution in [1.82, 2.24) is 15.2 Å². The Bertz CT molecular complexity index is 881. The average molecular weight is 354 g/mol. The quantitative estimate of drug-likeness (QED) is 0.725. The fraction of sp³-hybridized carbons (Fsp3) is 0.222. The molecule has 2 heterocycles. The molecule has 0 saturated carbocycles. The van der Waals surface area contributed by atoms with Crippen molar-refractivity contribution in [3.8, 4) is 0 Å². The number of hydrogen-bond acceptors (Lipinski definition) is 5. The van der Waals surface area contributed by atoms with Gasteiger partial charge in [-0.2, -0.15) is 0 Å². The second kappa shape index (κ2) is 7.22. The van der Waals surface area contributed by atoms with Crippen LogP contribution in [-0.4, -0.2) is 45.9 Å². The molecule has 2 aromatic rings. The third kappa shape index (κ3) is 3.80. The zero-order valence-corrected chi connectivity index (χ0v) is 13.9. The van der Waals surface area contributed by atoms with E-state index in [0.29, 0.717) is 35.6 Å². The van der Waals surface area contributed by atoms with Crippen LogP contribution in [-0.2, 0) is 17.8 Å². The first-order valence-corrected chi connectivity index (χ1v) is 8.07. The molecule has 8 nitrogen and oxygen atoms in total. The van der Waals surface area contributed by atoms with Crippen molar-refractivity contribution < 1.29 is 19.5 Å². The number of amides is 2. The smallest absolute Gasteiger partial charge is 0.323 e. The van der Waals surface area contributed by atoms with Crippen molar-refractivity contribution in [3.63, 3.8) is 0 Å². The number of hydrogen-bond donors (Lipinski definition) is 3. The van der Waals surface area contributed by atoms with Gasteiger partial charge in [-0.05, 0) is 42.3 Å². The predicted octanol–water partition coefficient (Wildman–Crippen LogP) is 0.677. The Morgan fingerprint density at radius 2 is 2.08 bits per heavy atom. The summed E-state index contributed by atoms with van der Waals surface area (Å²) < 4.78 is 0. The van der Waals surface area contributed by atoms with Crippen LogP contribution in [0.15, 0.2) is 36.4 Å². The van der Waals surface area contributed by atoms with E-state index in [0.717, 1.165) is 5.56 Å². The lowest BCUT2D eigenvalue weighted by Crippen LogP contribution is -2.41. The number of aliphatic carboxylic acids is 1. The number of nitrogen functional groups attached to an aromatic ring is 1. The molecule has 0 spiro atoms. The molecule has 2 amide bonds. The Kier molecular flexibility index (Phi) is 4.83. The number of nitrogens with two attached hydrogens (primary N) is 1. The summed E-state index contributed by atoms with van der Waals surface area (Å²) in [7, 11) is 0. The Balaban J connectivity index is 1.70. The molecule has 0 bridgehead atoms. The van der Waals surface area contributed by atoms with Crippen LogP contribution in [0.2, 0.25) is 0 Å². The van der Waals surface area contributed by atoms with Crippen molar-refractivity contribution in [2.45, 2.75) is 13.0 Å². The van der Waals surface area contributed by atoms with Gasteiger partial charge in [0.15, 0.2) is 0 Å². The molecule has 0 atom stereocenters. The minimum absolute atomic E-state index is 0.242. The van der Waals surface area contributed by atoms with Crippen molar-refractivity contribution in [2.75, 3.05) is 18.8 Å². The van der Waals surface area contributed by atoms with Crippen molar-refractivity contribution in [3.05, 3.63) is 58.8 Å². The first-order valence-electron chi connectivity index (χ1n) is 8.07. The number of carbonyl (C=O) groups excluding carboxylic acids is 2. The van der Waals surface area contributed by atoms with Gasteiger partial charge in [-0.1, -0.05) is 6.07 Å². The van der Waals surface area contributed by atoms with Gasteiger partial charge in [0.2, 0.25) is 0 Å². The summed E-state index contributed by atoms with van der Waals surface area (Å²) in [4.78, 5) is 40.9. The van der Waals surface area contributed by atoms with E-state index in [1.54, 1.807) is 36.4 Å². The van der Waals surface area contributed by atoms with Crippen molar-refractivity contribution >= 4 is 23.6 Å². The molecule has 1 aliphatic heterocycles. The summed E-state index contributed by atoms with van der Waals surface area (Å²) in [6.07, 6.45) is 0.506. The van der Waals surface area contributed by atoms with E-state index in [9.17, 15) is 14.4 Å². The maximum atomic E-state index is 12.3. The maximum Gasteiger partial charge on any atom is 0.323 e. The minimum Gasteiger partial charge on any atom is -0.480 e. The lowest BCUT2D eigenvalue weighted by molar-refractivity contribution is -0.137. The fourth-order valence-electron chi connectivity index (χ4n) is 2.86. The number of carbonyl (C=O) groups is 3. The van der Waals surface area contributed by atoms with Gasteiger partial charge < -0.3 is 21.1 Å². The number of nitrogens with one attached hydrogen (secondary N) is 1. The zero-order chi connectivity index (χ0) is 18.7. The van der Waals surface area contributed by atoms with Crippen LogP contribution in [0.5, 0.6) is 0 Å². The lowest BCUT2D eigenvalue weighted by Gasteiger charge is -2.27. The number of nitrogens with zero attached hydrogens (tertiary/aromatic N) is 2. The van der Waals surface area contributed by atoms with Crippen LogP contribution in [0, 0.1) is 0 Å². The second-order valence-electron chi connectivity index (χ2n) is 5.98. The van der Waals surface area contributed by atoms with Crippen molar-refractivity contribution in [1.29, 1.82) is 0 Å². The summed E-state index contributed by atoms with van der Waals surface area (Å²) >= 11 is 0. The van der Waals surface area contributed by atoms with Gasteiger partial charge in [0.1, 0.15) is 12.4 Å². The number of benzene rings is 1. The van der Waals surface area contributed by atoms with Gasteiger partial charge in [-0.3, -0.25) is 14.4 Å². The summed E-state index contributed by atoms with van der Waals surface area (Å²) in [5.41, 5.74) is 7.87. The third-order valence-corrected chi connectivity index (χ3v) is 4.12. The Hall–Kier alpha value is -3.42. The summed E-state index contributed by atoms with van der Waals surface area (Å²) in [6.45, 7) is 0.233. The Morgan fingerprint density at radius 3 is 2.81 bits per heavy atom. The minimum atomic E-state index is -1.05. The average Bonchev–Trinajstić information content (AvgIpc) is 2.61. The van der Waals surface area contributed by atoms with Crippen LogP contribution < -0.4 is 11.1 Å². The van der Waals surface area contributed by atoms with Gasteiger partial charge >= 0.3 is 5.97 Å². The number of aromatic nitrogens is 1. The standard InChI is InChI=1S/C18H18N4O4/c19-15-3-1-2-13(21-15)9-20-17(25)12-4-5-14-11(8-12)6-7-22(18(14)26)10-16(23)24/h1-5,8H,6-7,9-10H2,(H2,19,21)(H,20,25)(H,23,24). The topological polar surface area (TPSA) is 126 Å². The molecule has 0 unspecified atom stereocenters. The molecule has 1 aromatic carbocycles. The van der Waals surface area contributed by atoms with Gasteiger partial charge in [0.05, 0.1) is 12.2 Å². The number of fused-ring (bicyclic) bond motifs is 1. The molecule has 1 aromatic heterocycles. The molecule has 0 aliphatic carbocycles. The lowest BCUT2D eigenvalue weighted by atomic mass is 9.96. The first-order chi connectivity index (χ1) is 12.4. The van der Waals surface area contributed by atoms with Crippen LogP contribution in [0.1, 0.15) is 32.0 Å². The number of carboxylic acids is 1. The SMILES string of the molecule is Nc1cccc(CNC(=O)c2ccc3c(c2)CCN(CC(=O)O)C3=O)n1. The summed E-state index contributed by atoms with van der Waals surface area (Å²) in [6, 6.07) is 9.99. The van der Waals surface area contributed by atoms with E-state index in [-0.39, 0.29) is 24.9 Å². The predicted molar refractivity (Wildman–Crippen MR) is 93.5 cm³/mol. The Morgan fingerprint density at radius 1 is 1.27 bits per heavy atom. The van der Waals surface area contributed by atoms with E-state index >= 15 is 0 Å². The zero-order valence-electron chi connectivity index (χ0n) is 13.9. The second-order valence-corrected chi connectivity index (χ2v) is 5.98. The van der Waals surface area contributed by atoms with Gasteiger partial charge in [0.25, 0.3) is 11.8 Å². The molecule has 3 rings (SSSR count). The molecular weight excluding hydrogens is 336 g/mol. The van der Waals surface area contributed by atoms with E-state index in [1.807, 2.05) is 0 Å². The normalized spacial score (nSPS) is 13.2. The first kappa shape index (κ1) is 17.4. The van der Waals surface area contributed by atoms with Crippen LogP contribution in [0.3, 0.4) is 0 Å². The monoisotopic (exact) mass is 354 g/mol. The highest BCUT2D eigenvalue weighted by molar-refractivity contribution is 6.00. The molecule has 134 valence electrons. The third-order valence-electron chi connectivity index (χ3n) is 4.12. The number of carboxylic acid groups (broad SMARTS) is 1. The van der Waals surface area contributed by atoms with Crippen molar-refractivity contribution in [2.24, 2.45) is 0 Å². The molecule has 4 N–H and O–H groups in total. The molecule has 8 heteroatoms. The molecule has 26 heavy (non-hydrogen) atoms. The number of rotatable bonds is 5. The highest BCUT2D eigenvalue weighted by atomic mass is 16.4. The summed E-state index contributed by atoms with van der Waals surface area (Å²) in [5, 5.41) is 11.6. The van der Waals surface area contributed by atoms with E-state index < -0.39 is 5.97 Å². The van der Waals surface area contributed by atoms with Gasteiger partial charge in [-0.15, -0.1) is 0 Å². The van der Waals surface area contributed by atoms with E-state index in [1.165, 1.54) is 4.90 Å². The fourth-order valence-corrected chi connectivity index (χ4v) is 2.86. The summed E-state index contributed by atoms with van der Waals surface area (Å²) in [5.74, 6) is -1.27. The number of pyridine rings is 1.